The van der Waals surface area contributed by atoms with Crippen molar-refractivity contribution in [2.24, 2.45) is 0 Å². The number of rotatable bonds is 6. The smallest absolute Gasteiger partial charge is 0.326 e. The Morgan fingerprint density at radius 2 is 1.56 bits per heavy atom. The Labute approximate surface area is 206 Å². The zero-order valence-corrected chi connectivity index (χ0v) is 19.5. The Bertz CT molecular complexity index is 1320. The minimum atomic E-state index is -1.39. The fraction of sp³-hybridized carbons (Fsp3) is 0.286. The van der Waals surface area contributed by atoms with Gasteiger partial charge in [-0.05, 0) is 54.5 Å². The first-order valence-corrected chi connectivity index (χ1v) is 11.9. The van der Waals surface area contributed by atoms with Gasteiger partial charge in [-0.3, -0.25) is 4.79 Å². The number of benzene rings is 3. The number of para-hydroxylation sites is 1. The third-order valence-corrected chi connectivity index (χ3v) is 6.62. The Morgan fingerprint density at radius 3 is 2.31 bits per heavy atom. The number of nitrogens with one attached hydrogen (secondary N) is 1. The minimum absolute atomic E-state index is 0.0630. The second-order valence-corrected chi connectivity index (χ2v) is 8.94. The van der Waals surface area contributed by atoms with Gasteiger partial charge in [-0.25, -0.2) is 13.6 Å². The highest BCUT2D eigenvalue weighted by atomic mass is 19.1. The highest BCUT2D eigenvalue weighted by Crippen LogP contribution is 2.44. The molecule has 2 aliphatic heterocycles. The summed E-state index contributed by atoms with van der Waals surface area (Å²) in [5.74, 6) is -3.01. The van der Waals surface area contributed by atoms with Crippen molar-refractivity contribution in [1.82, 2.24) is 5.32 Å². The quantitative estimate of drug-likeness (QED) is 0.520. The molecular formula is C28H25F2NO5. The molecule has 1 atom stereocenters. The van der Waals surface area contributed by atoms with E-state index < -0.39 is 35.1 Å². The Kier molecular flexibility index (Phi) is 6.59. The van der Waals surface area contributed by atoms with Crippen molar-refractivity contribution in [2.75, 3.05) is 13.2 Å². The van der Waals surface area contributed by atoms with Gasteiger partial charge < -0.3 is 19.9 Å². The molecule has 6 nitrogen and oxygen atoms in total. The van der Waals surface area contributed by atoms with E-state index in [9.17, 15) is 23.5 Å². The van der Waals surface area contributed by atoms with Gasteiger partial charge in [0.25, 0.3) is 5.91 Å². The second-order valence-electron chi connectivity index (χ2n) is 8.94. The van der Waals surface area contributed by atoms with E-state index in [-0.39, 0.29) is 6.42 Å². The van der Waals surface area contributed by atoms with Crippen LogP contribution < -0.4 is 14.8 Å². The third-order valence-electron chi connectivity index (χ3n) is 6.62. The van der Waals surface area contributed by atoms with Crippen LogP contribution in [0, 0.1) is 11.6 Å². The van der Waals surface area contributed by atoms with Crippen molar-refractivity contribution in [3.63, 3.8) is 0 Å². The molecule has 0 radical (unpaired) electrons. The number of hydrogen-bond acceptors (Lipinski definition) is 4. The molecule has 3 aromatic rings. The number of carbonyl (C=O) groups excluding carboxylic acids is 1. The van der Waals surface area contributed by atoms with Gasteiger partial charge in [0, 0.05) is 17.5 Å². The van der Waals surface area contributed by atoms with E-state index in [1.807, 2.05) is 24.3 Å². The predicted octanol–water partition coefficient (Wildman–Crippen LogP) is 4.71. The van der Waals surface area contributed by atoms with Crippen LogP contribution >= 0.6 is 0 Å². The summed E-state index contributed by atoms with van der Waals surface area (Å²) >= 11 is 0. The maximum absolute atomic E-state index is 14.1. The molecule has 36 heavy (non-hydrogen) atoms. The van der Waals surface area contributed by atoms with Gasteiger partial charge in [0.05, 0.1) is 13.2 Å². The molecule has 0 aromatic heterocycles. The van der Waals surface area contributed by atoms with Gasteiger partial charge in [-0.15, -0.1) is 0 Å². The molecular weight excluding hydrogens is 468 g/mol. The van der Waals surface area contributed by atoms with Crippen LogP contribution in [0.15, 0.2) is 48.5 Å². The average molecular weight is 494 g/mol. The summed E-state index contributed by atoms with van der Waals surface area (Å²) in [6, 6.07) is 11.4. The Balaban J connectivity index is 1.48. The monoisotopic (exact) mass is 493 g/mol. The molecule has 0 saturated heterocycles. The van der Waals surface area contributed by atoms with E-state index in [1.54, 1.807) is 0 Å². The molecule has 0 bridgehead atoms. The van der Waals surface area contributed by atoms with Crippen LogP contribution in [0.1, 0.15) is 39.9 Å². The van der Waals surface area contributed by atoms with E-state index in [4.69, 9.17) is 9.47 Å². The number of fused-ring (bicyclic) bond motifs is 2. The summed E-state index contributed by atoms with van der Waals surface area (Å²) < 4.78 is 40.2. The van der Waals surface area contributed by atoms with Crippen molar-refractivity contribution >= 4 is 11.9 Å². The Hall–Kier alpha value is -3.94. The fourth-order valence-corrected chi connectivity index (χ4v) is 4.90. The van der Waals surface area contributed by atoms with Crippen LogP contribution in [0.4, 0.5) is 8.78 Å². The van der Waals surface area contributed by atoms with E-state index in [0.29, 0.717) is 30.9 Å². The first kappa shape index (κ1) is 23.8. The number of carbonyl (C=O) groups is 2. The molecule has 2 heterocycles. The van der Waals surface area contributed by atoms with Gasteiger partial charge in [0.1, 0.15) is 34.7 Å². The molecule has 2 aliphatic rings. The zero-order chi connectivity index (χ0) is 25.2. The summed E-state index contributed by atoms with van der Waals surface area (Å²) in [4.78, 5) is 24.6. The first-order chi connectivity index (χ1) is 17.4. The highest BCUT2D eigenvalue weighted by Gasteiger charge is 2.28. The topological polar surface area (TPSA) is 84.9 Å². The Morgan fingerprint density at radius 1 is 0.889 bits per heavy atom. The zero-order valence-electron chi connectivity index (χ0n) is 19.5. The normalized spacial score (nSPS) is 15.1. The SMILES string of the molecule is O=C(NC(Cc1ccc(-c2cccc3c2OCCC3)c2c1CCCO2)C(=O)O)c1c(F)cccc1F. The number of aryl methyl sites for hydroxylation is 1. The lowest BCUT2D eigenvalue weighted by Gasteiger charge is -2.27. The molecule has 0 saturated carbocycles. The number of halogens is 2. The largest absolute Gasteiger partial charge is 0.493 e. The molecule has 0 fully saturated rings. The van der Waals surface area contributed by atoms with Gasteiger partial charge in [-0.1, -0.05) is 36.4 Å². The molecule has 186 valence electrons. The highest BCUT2D eigenvalue weighted by molar-refractivity contribution is 5.97. The van der Waals surface area contributed by atoms with Gasteiger partial charge >= 0.3 is 5.97 Å². The van der Waals surface area contributed by atoms with Crippen LogP contribution in [-0.2, 0) is 24.1 Å². The molecule has 2 N–H and O–H groups in total. The van der Waals surface area contributed by atoms with Crippen LogP contribution in [0.2, 0.25) is 0 Å². The number of hydrogen-bond donors (Lipinski definition) is 2. The standard InChI is InChI=1S/C28H25F2NO5/c29-21-9-2-10-22(30)24(21)27(32)31-23(28(33)34)15-17-11-12-20(26-18(17)8-4-14-36-26)19-7-1-5-16-6-3-13-35-25(16)19/h1-2,5,7,9-12,23H,3-4,6,8,13-15H2,(H,31,32)(H,33,34). The lowest BCUT2D eigenvalue weighted by Crippen LogP contribution is -2.43. The lowest BCUT2D eigenvalue weighted by molar-refractivity contribution is -0.139. The van der Waals surface area contributed by atoms with E-state index in [2.05, 4.69) is 11.4 Å². The van der Waals surface area contributed by atoms with Crippen molar-refractivity contribution in [3.8, 4) is 22.6 Å². The molecule has 1 unspecified atom stereocenters. The van der Waals surface area contributed by atoms with E-state index in [1.165, 1.54) is 0 Å². The summed E-state index contributed by atoms with van der Waals surface area (Å²) in [5.41, 5.74) is 3.69. The third kappa shape index (κ3) is 4.51. The predicted molar refractivity (Wildman–Crippen MR) is 128 cm³/mol. The van der Waals surface area contributed by atoms with Gasteiger partial charge in [0.15, 0.2) is 0 Å². The fourth-order valence-electron chi connectivity index (χ4n) is 4.90. The van der Waals surface area contributed by atoms with Gasteiger partial charge in [-0.2, -0.15) is 0 Å². The molecule has 5 rings (SSSR count). The maximum Gasteiger partial charge on any atom is 0.326 e. The van der Waals surface area contributed by atoms with Crippen LogP contribution in [0.5, 0.6) is 11.5 Å². The number of carboxylic acids is 1. The summed E-state index contributed by atoms with van der Waals surface area (Å²) in [6.45, 7) is 1.18. The number of ether oxygens (including phenoxy) is 2. The minimum Gasteiger partial charge on any atom is -0.493 e. The van der Waals surface area contributed by atoms with Crippen molar-refractivity contribution < 1.29 is 33.0 Å². The molecule has 0 spiro atoms. The van der Waals surface area contributed by atoms with Gasteiger partial charge in [0.2, 0.25) is 0 Å². The van der Waals surface area contributed by atoms with Crippen LogP contribution in [0.3, 0.4) is 0 Å². The molecule has 8 heteroatoms. The average Bonchev–Trinajstić information content (AvgIpc) is 2.88. The number of aliphatic carboxylic acids is 1. The van der Waals surface area contributed by atoms with E-state index >= 15 is 0 Å². The summed E-state index contributed by atoms with van der Waals surface area (Å²) in [7, 11) is 0. The van der Waals surface area contributed by atoms with Crippen molar-refractivity contribution in [1.29, 1.82) is 0 Å². The second kappa shape index (κ2) is 9.97. The lowest BCUT2D eigenvalue weighted by atomic mass is 9.89. The summed E-state index contributed by atoms with van der Waals surface area (Å²) in [5, 5.41) is 12.1. The van der Waals surface area contributed by atoms with Crippen molar-refractivity contribution in [2.45, 2.75) is 38.1 Å². The maximum atomic E-state index is 14.1. The number of carboxylic acid groups (broad SMARTS) is 1. The summed E-state index contributed by atoms with van der Waals surface area (Å²) in [6.07, 6.45) is 3.27. The van der Waals surface area contributed by atoms with Crippen molar-refractivity contribution in [3.05, 3.63) is 82.4 Å². The molecule has 3 aromatic carbocycles. The number of amides is 1. The first-order valence-electron chi connectivity index (χ1n) is 11.9. The van der Waals surface area contributed by atoms with Crippen LogP contribution in [-0.4, -0.2) is 36.2 Å². The van der Waals surface area contributed by atoms with Crippen LogP contribution in [0.25, 0.3) is 11.1 Å². The molecule has 1 amide bonds. The molecule has 0 aliphatic carbocycles. The van der Waals surface area contributed by atoms with E-state index in [0.717, 1.165) is 65.5 Å².